The number of carbonyl (C=O) groups excluding carboxylic acids is 2. The van der Waals surface area contributed by atoms with E-state index in [1.54, 1.807) is 29.2 Å². The monoisotopic (exact) mass is 542 g/mol. The summed E-state index contributed by atoms with van der Waals surface area (Å²) in [4.78, 5) is 27.7. The molecule has 2 aromatic rings. The van der Waals surface area contributed by atoms with Crippen LogP contribution in [-0.2, 0) is 16.1 Å². The number of hydrogen-bond donors (Lipinski definition) is 1. The Balaban J connectivity index is 2.25. The van der Waals surface area contributed by atoms with Crippen molar-refractivity contribution < 1.29 is 14.3 Å². The van der Waals surface area contributed by atoms with Crippen molar-refractivity contribution in [3.05, 3.63) is 62.0 Å². The fourth-order valence-corrected chi connectivity index (χ4v) is 3.70. The molecular weight excluding hydrogens is 515 g/mol. The number of halogens is 3. The molecule has 32 heavy (non-hydrogen) atoms. The highest BCUT2D eigenvalue weighted by molar-refractivity contribution is 9.10. The lowest BCUT2D eigenvalue weighted by Gasteiger charge is -2.31. The van der Waals surface area contributed by atoms with E-state index in [2.05, 4.69) is 21.2 Å². The molecule has 2 atom stereocenters. The van der Waals surface area contributed by atoms with Crippen molar-refractivity contribution in [2.45, 2.75) is 59.2 Å². The highest BCUT2D eigenvalue weighted by Gasteiger charge is 2.29. The number of aryl methyl sites for hydroxylation is 1. The smallest absolute Gasteiger partial charge is 0.261 e. The summed E-state index contributed by atoms with van der Waals surface area (Å²) in [5.74, 6) is 0.114. The Kier molecular flexibility index (Phi) is 10.3. The van der Waals surface area contributed by atoms with E-state index in [0.717, 1.165) is 22.0 Å². The van der Waals surface area contributed by atoms with Crippen molar-refractivity contribution in [1.29, 1.82) is 0 Å². The van der Waals surface area contributed by atoms with Crippen LogP contribution in [0.25, 0.3) is 0 Å². The minimum absolute atomic E-state index is 0.0143. The van der Waals surface area contributed by atoms with E-state index in [0.29, 0.717) is 22.2 Å². The van der Waals surface area contributed by atoms with Gasteiger partial charge >= 0.3 is 0 Å². The molecule has 0 radical (unpaired) electrons. The second-order valence-corrected chi connectivity index (χ2v) is 9.38. The second-order valence-electron chi connectivity index (χ2n) is 7.71. The fourth-order valence-electron chi connectivity index (χ4n) is 3.13. The average molecular weight is 544 g/mol. The number of amides is 2. The van der Waals surface area contributed by atoms with Gasteiger partial charge in [-0.25, -0.2) is 0 Å². The van der Waals surface area contributed by atoms with E-state index in [-0.39, 0.29) is 31.0 Å². The predicted octanol–water partition coefficient (Wildman–Crippen LogP) is 6.17. The number of nitrogens with zero attached hydrogens (tertiary/aromatic N) is 1. The standard InChI is InChI=1S/C24H29BrCl2N2O3/c1-5-16(4)28-24(31)22(6-2)29(13-17-7-10-20(26)21(27)12-17)23(30)14-32-18-8-9-19(25)15(3)11-18/h7-12,16,22H,5-6,13-14H2,1-4H3,(H,28,31). The van der Waals surface area contributed by atoms with Gasteiger partial charge in [-0.05, 0) is 68.1 Å². The number of ether oxygens (including phenoxy) is 1. The van der Waals surface area contributed by atoms with E-state index in [1.165, 1.54) is 0 Å². The average Bonchev–Trinajstić information content (AvgIpc) is 2.76. The Labute approximate surface area is 208 Å². The van der Waals surface area contributed by atoms with Crippen LogP contribution >= 0.6 is 39.1 Å². The van der Waals surface area contributed by atoms with Crippen LogP contribution in [0.4, 0.5) is 0 Å². The Morgan fingerprint density at radius 2 is 1.81 bits per heavy atom. The van der Waals surface area contributed by atoms with Gasteiger partial charge in [-0.2, -0.15) is 0 Å². The number of carbonyl (C=O) groups is 2. The van der Waals surface area contributed by atoms with Crippen molar-refractivity contribution >= 4 is 50.9 Å². The number of nitrogens with one attached hydrogen (secondary N) is 1. The van der Waals surface area contributed by atoms with Gasteiger partial charge in [0.2, 0.25) is 5.91 Å². The van der Waals surface area contributed by atoms with Gasteiger partial charge in [0, 0.05) is 17.1 Å². The number of benzene rings is 2. The third-order valence-corrected chi connectivity index (χ3v) is 6.84. The van der Waals surface area contributed by atoms with Crippen molar-refractivity contribution in [1.82, 2.24) is 10.2 Å². The molecule has 1 N–H and O–H groups in total. The van der Waals surface area contributed by atoms with Crippen molar-refractivity contribution in [2.24, 2.45) is 0 Å². The van der Waals surface area contributed by atoms with Crippen LogP contribution < -0.4 is 10.1 Å². The highest BCUT2D eigenvalue weighted by atomic mass is 79.9. The number of rotatable bonds is 10. The first-order valence-electron chi connectivity index (χ1n) is 10.6. The van der Waals surface area contributed by atoms with Crippen LogP contribution in [0.1, 0.15) is 44.7 Å². The quantitative estimate of drug-likeness (QED) is 0.390. The molecule has 0 saturated heterocycles. The first-order chi connectivity index (χ1) is 15.2. The summed E-state index contributed by atoms with van der Waals surface area (Å²) >= 11 is 15.7. The molecule has 0 saturated carbocycles. The molecular formula is C24H29BrCl2N2O3. The SMILES string of the molecule is CCC(C)NC(=O)C(CC)N(Cc1ccc(Cl)c(Cl)c1)C(=O)COc1ccc(Br)c(C)c1. The second kappa shape index (κ2) is 12.5. The molecule has 2 rings (SSSR count). The summed E-state index contributed by atoms with van der Waals surface area (Å²) < 4.78 is 6.71. The molecule has 8 heteroatoms. The Morgan fingerprint density at radius 1 is 1.09 bits per heavy atom. The van der Waals surface area contributed by atoms with Gasteiger partial charge in [0.05, 0.1) is 10.0 Å². The Morgan fingerprint density at radius 3 is 2.41 bits per heavy atom. The van der Waals surface area contributed by atoms with Gasteiger partial charge in [0.25, 0.3) is 5.91 Å². The Hall–Kier alpha value is -1.76. The third-order valence-electron chi connectivity index (χ3n) is 5.22. The molecule has 2 amide bonds. The van der Waals surface area contributed by atoms with E-state index in [1.807, 2.05) is 39.8 Å². The van der Waals surface area contributed by atoms with Crippen LogP contribution in [0.5, 0.6) is 5.75 Å². The van der Waals surface area contributed by atoms with Gasteiger partial charge in [-0.15, -0.1) is 0 Å². The maximum atomic E-state index is 13.2. The maximum absolute atomic E-state index is 13.2. The molecule has 0 fully saturated rings. The van der Waals surface area contributed by atoms with Crippen molar-refractivity contribution in [3.8, 4) is 5.75 Å². The summed E-state index contributed by atoms with van der Waals surface area (Å²) in [6, 6.07) is 10.1. The van der Waals surface area contributed by atoms with E-state index >= 15 is 0 Å². The third kappa shape index (κ3) is 7.39. The molecule has 0 heterocycles. The Bertz CT molecular complexity index is 955. The van der Waals surface area contributed by atoms with Crippen molar-refractivity contribution in [2.75, 3.05) is 6.61 Å². The van der Waals surface area contributed by atoms with Crippen LogP contribution in [0.2, 0.25) is 10.0 Å². The normalized spacial score (nSPS) is 12.7. The molecule has 2 unspecified atom stereocenters. The van der Waals surface area contributed by atoms with E-state index < -0.39 is 6.04 Å². The molecule has 0 aromatic heterocycles. The largest absolute Gasteiger partial charge is 0.484 e. The molecule has 0 bridgehead atoms. The summed E-state index contributed by atoms with van der Waals surface area (Å²) in [5.41, 5.74) is 1.78. The zero-order valence-electron chi connectivity index (χ0n) is 18.8. The van der Waals surface area contributed by atoms with Crippen LogP contribution in [0.15, 0.2) is 40.9 Å². The van der Waals surface area contributed by atoms with Crippen LogP contribution in [-0.4, -0.2) is 35.4 Å². The van der Waals surface area contributed by atoms with Crippen LogP contribution in [0.3, 0.4) is 0 Å². The van der Waals surface area contributed by atoms with Crippen molar-refractivity contribution in [3.63, 3.8) is 0 Å². The lowest BCUT2D eigenvalue weighted by Crippen LogP contribution is -2.51. The molecule has 0 spiro atoms. The van der Waals surface area contributed by atoms with Gasteiger partial charge in [0.15, 0.2) is 6.61 Å². The predicted molar refractivity (Wildman–Crippen MR) is 133 cm³/mol. The molecule has 2 aromatic carbocycles. The van der Waals surface area contributed by atoms with Gasteiger partial charge < -0.3 is 15.0 Å². The molecule has 5 nitrogen and oxygen atoms in total. The molecule has 0 aliphatic heterocycles. The zero-order valence-corrected chi connectivity index (χ0v) is 21.9. The minimum Gasteiger partial charge on any atom is -0.484 e. The topological polar surface area (TPSA) is 58.6 Å². The van der Waals surface area contributed by atoms with Gasteiger partial charge in [-0.3, -0.25) is 9.59 Å². The molecule has 0 aliphatic carbocycles. The highest BCUT2D eigenvalue weighted by Crippen LogP contribution is 2.25. The van der Waals surface area contributed by atoms with Gasteiger partial charge in [0.1, 0.15) is 11.8 Å². The zero-order chi connectivity index (χ0) is 23.8. The lowest BCUT2D eigenvalue weighted by atomic mass is 10.1. The van der Waals surface area contributed by atoms with Gasteiger partial charge in [-0.1, -0.05) is 59.0 Å². The summed E-state index contributed by atoms with van der Waals surface area (Å²) in [7, 11) is 0. The number of hydrogen-bond acceptors (Lipinski definition) is 3. The van der Waals surface area contributed by atoms with E-state index in [4.69, 9.17) is 27.9 Å². The first kappa shape index (κ1) is 26.5. The lowest BCUT2D eigenvalue weighted by molar-refractivity contribution is -0.143. The molecule has 174 valence electrons. The molecule has 0 aliphatic rings. The summed E-state index contributed by atoms with van der Waals surface area (Å²) in [5, 5.41) is 3.82. The van der Waals surface area contributed by atoms with Crippen LogP contribution in [0, 0.1) is 6.92 Å². The maximum Gasteiger partial charge on any atom is 0.261 e. The fraction of sp³-hybridized carbons (Fsp3) is 0.417. The van der Waals surface area contributed by atoms with E-state index in [9.17, 15) is 9.59 Å². The minimum atomic E-state index is -0.638. The summed E-state index contributed by atoms with van der Waals surface area (Å²) in [6.07, 6.45) is 1.27. The first-order valence-corrected chi connectivity index (χ1v) is 12.1. The summed E-state index contributed by atoms with van der Waals surface area (Å²) in [6.45, 7) is 7.80.